The second-order valence-electron chi connectivity index (χ2n) is 5.78. The van der Waals surface area contributed by atoms with Gasteiger partial charge in [-0.15, -0.1) is 6.42 Å². The molecule has 0 bridgehead atoms. The Bertz CT molecular complexity index is 682. The lowest BCUT2D eigenvalue weighted by molar-refractivity contribution is 0.301. The first-order chi connectivity index (χ1) is 11.2. The number of nitrogens with two attached hydrogens (primary N) is 2. The summed E-state index contributed by atoms with van der Waals surface area (Å²) in [7, 11) is 0. The summed E-state index contributed by atoms with van der Waals surface area (Å²) in [6.07, 6.45) is 10.4. The number of ether oxygens (including phenoxy) is 1. The zero-order valence-electron chi connectivity index (χ0n) is 13.0. The van der Waals surface area contributed by atoms with Crippen molar-refractivity contribution >= 4 is 17.6 Å². The van der Waals surface area contributed by atoms with Crippen LogP contribution in [0.15, 0.2) is 34.3 Å². The maximum atomic E-state index is 6.22. The van der Waals surface area contributed by atoms with Crippen molar-refractivity contribution in [3.05, 3.63) is 24.3 Å². The van der Waals surface area contributed by atoms with Gasteiger partial charge in [0.05, 0.1) is 5.69 Å². The number of anilines is 1. The molecule has 1 aliphatic carbocycles. The van der Waals surface area contributed by atoms with Gasteiger partial charge < -0.3 is 16.2 Å². The van der Waals surface area contributed by atoms with E-state index in [2.05, 4.69) is 15.9 Å². The van der Waals surface area contributed by atoms with Crippen molar-refractivity contribution in [3.8, 4) is 18.1 Å². The Balaban J connectivity index is 2.06. The molecule has 1 aromatic carbocycles. The summed E-state index contributed by atoms with van der Waals surface area (Å²) in [5, 5.41) is 0. The summed E-state index contributed by atoms with van der Waals surface area (Å²) in [5.41, 5.74) is 12.5. The molecule has 3 rings (SSSR count). The molecule has 23 heavy (non-hydrogen) atoms. The Labute approximate surface area is 136 Å². The molecule has 1 spiro atoms. The first kappa shape index (κ1) is 15.2. The fourth-order valence-electron chi connectivity index (χ4n) is 3.35. The van der Waals surface area contributed by atoms with E-state index in [0.717, 1.165) is 31.4 Å². The molecular formula is C17H21N5O. The molecule has 1 saturated carbocycles. The van der Waals surface area contributed by atoms with Gasteiger partial charge in [-0.3, -0.25) is 4.90 Å². The zero-order valence-corrected chi connectivity index (χ0v) is 13.0. The molecule has 1 heterocycles. The minimum atomic E-state index is -0.482. The highest BCUT2D eigenvalue weighted by molar-refractivity contribution is 6.06. The van der Waals surface area contributed by atoms with Gasteiger partial charge >= 0.3 is 0 Å². The molecule has 1 aromatic rings. The lowest BCUT2D eigenvalue weighted by Crippen LogP contribution is -2.58. The molecule has 2 aliphatic rings. The SMILES string of the molecule is C#CCOc1ccccc1N1C(N)=NC(N)=NC12CCCCC2. The standard InChI is InChI=1S/C17H21N5O/c1-2-12-23-14-9-5-4-8-13(14)22-16(19)20-15(18)21-17(22)10-6-3-7-11-17/h1,4-5,8-9H,3,6-7,10-12H2,(H4,18,19,20,21). The van der Waals surface area contributed by atoms with Crippen LogP contribution in [0.1, 0.15) is 32.1 Å². The number of hydrogen-bond donors (Lipinski definition) is 2. The topological polar surface area (TPSA) is 89.2 Å². The Morgan fingerprint density at radius 1 is 1.22 bits per heavy atom. The summed E-state index contributed by atoms with van der Waals surface area (Å²) in [4.78, 5) is 10.8. The van der Waals surface area contributed by atoms with Crippen LogP contribution in [0.2, 0.25) is 0 Å². The number of rotatable bonds is 3. The highest BCUT2D eigenvalue weighted by atomic mass is 16.5. The van der Waals surface area contributed by atoms with Gasteiger partial charge in [-0.05, 0) is 37.8 Å². The van der Waals surface area contributed by atoms with Gasteiger partial charge in [0, 0.05) is 0 Å². The van der Waals surface area contributed by atoms with Gasteiger partial charge in [0.25, 0.3) is 0 Å². The summed E-state index contributed by atoms with van der Waals surface area (Å²) in [5.74, 6) is 3.74. The van der Waals surface area contributed by atoms with Crippen LogP contribution in [0.25, 0.3) is 0 Å². The molecule has 0 atom stereocenters. The van der Waals surface area contributed by atoms with Crippen molar-refractivity contribution in [1.82, 2.24) is 0 Å². The van der Waals surface area contributed by atoms with Crippen molar-refractivity contribution < 1.29 is 4.74 Å². The van der Waals surface area contributed by atoms with Crippen LogP contribution < -0.4 is 21.1 Å². The number of para-hydroxylation sites is 2. The summed E-state index contributed by atoms with van der Waals surface area (Å²) in [6, 6.07) is 7.65. The van der Waals surface area contributed by atoms with Gasteiger partial charge in [0.1, 0.15) is 18.0 Å². The second-order valence-corrected chi connectivity index (χ2v) is 5.78. The van der Waals surface area contributed by atoms with Crippen LogP contribution in [0, 0.1) is 12.3 Å². The van der Waals surface area contributed by atoms with Gasteiger partial charge in [-0.2, -0.15) is 4.99 Å². The van der Waals surface area contributed by atoms with E-state index >= 15 is 0 Å². The Morgan fingerprint density at radius 3 is 2.70 bits per heavy atom. The lowest BCUT2D eigenvalue weighted by Gasteiger charge is -2.45. The molecule has 0 saturated heterocycles. The van der Waals surface area contributed by atoms with Crippen LogP contribution in [0.4, 0.5) is 5.69 Å². The number of nitrogens with zero attached hydrogens (tertiary/aromatic N) is 3. The highest BCUT2D eigenvalue weighted by Crippen LogP contribution is 2.42. The molecule has 4 N–H and O–H groups in total. The van der Waals surface area contributed by atoms with E-state index < -0.39 is 5.66 Å². The third kappa shape index (κ3) is 2.82. The number of guanidine groups is 2. The summed E-state index contributed by atoms with van der Waals surface area (Å²) in [6.45, 7) is 0.195. The van der Waals surface area contributed by atoms with Crippen molar-refractivity contribution in [2.75, 3.05) is 11.5 Å². The van der Waals surface area contributed by atoms with Crippen molar-refractivity contribution in [2.24, 2.45) is 21.5 Å². The predicted molar refractivity (Wildman–Crippen MR) is 92.3 cm³/mol. The van der Waals surface area contributed by atoms with Gasteiger partial charge in [0.2, 0.25) is 11.9 Å². The minimum Gasteiger partial charge on any atom is -0.479 e. The van der Waals surface area contributed by atoms with Crippen LogP contribution in [0.3, 0.4) is 0 Å². The molecule has 6 heteroatoms. The molecule has 0 aromatic heterocycles. The van der Waals surface area contributed by atoms with Gasteiger partial charge in [-0.25, -0.2) is 4.99 Å². The van der Waals surface area contributed by atoms with Crippen LogP contribution in [0.5, 0.6) is 5.75 Å². The maximum Gasteiger partial charge on any atom is 0.220 e. The van der Waals surface area contributed by atoms with Gasteiger partial charge in [0.15, 0.2) is 0 Å². The first-order valence-corrected chi connectivity index (χ1v) is 7.81. The Kier molecular flexibility index (Phi) is 4.11. The highest BCUT2D eigenvalue weighted by Gasteiger charge is 2.43. The first-order valence-electron chi connectivity index (χ1n) is 7.81. The van der Waals surface area contributed by atoms with Crippen molar-refractivity contribution in [2.45, 2.75) is 37.8 Å². The van der Waals surface area contributed by atoms with Crippen molar-refractivity contribution in [3.63, 3.8) is 0 Å². The van der Waals surface area contributed by atoms with E-state index in [9.17, 15) is 0 Å². The second kappa shape index (κ2) is 6.21. The Morgan fingerprint density at radius 2 is 1.96 bits per heavy atom. The Hall–Kier alpha value is -2.68. The number of hydrogen-bond acceptors (Lipinski definition) is 6. The van der Waals surface area contributed by atoms with E-state index in [4.69, 9.17) is 22.6 Å². The monoisotopic (exact) mass is 311 g/mol. The maximum absolute atomic E-state index is 6.22. The van der Waals surface area contributed by atoms with E-state index in [1.165, 1.54) is 6.42 Å². The zero-order chi connectivity index (χ0) is 16.3. The molecule has 1 aliphatic heterocycles. The fourth-order valence-corrected chi connectivity index (χ4v) is 3.35. The minimum absolute atomic E-state index is 0.195. The van der Waals surface area contributed by atoms with Crippen LogP contribution >= 0.6 is 0 Å². The fraction of sp³-hybridized carbons (Fsp3) is 0.412. The molecule has 0 radical (unpaired) electrons. The summed E-state index contributed by atoms with van der Waals surface area (Å²) >= 11 is 0. The van der Waals surface area contributed by atoms with Gasteiger partial charge in [-0.1, -0.05) is 24.5 Å². The van der Waals surface area contributed by atoms with Crippen molar-refractivity contribution in [1.29, 1.82) is 0 Å². The average molecular weight is 311 g/mol. The molecule has 120 valence electrons. The normalized spacial score (nSPS) is 19.7. The smallest absolute Gasteiger partial charge is 0.220 e. The lowest BCUT2D eigenvalue weighted by atomic mass is 9.87. The molecule has 6 nitrogen and oxygen atoms in total. The molecule has 0 unspecified atom stereocenters. The largest absolute Gasteiger partial charge is 0.479 e. The van der Waals surface area contributed by atoms with Crippen LogP contribution in [-0.4, -0.2) is 24.2 Å². The quantitative estimate of drug-likeness (QED) is 0.833. The average Bonchev–Trinajstić information content (AvgIpc) is 2.54. The summed E-state index contributed by atoms with van der Waals surface area (Å²) < 4.78 is 5.68. The number of terminal acetylenes is 1. The van der Waals surface area contributed by atoms with Crippen LogP contribution in [-0.2, 0) is 0 Å². The molecular weight excluding hydrogens is 290 g/mol. The molecule has 0 amide bonds. The number of benzene rings is 1. The predicted octanol–water partition coefficient (Wildman–Crippen LogP) is 1.81. The van der Waals surface area contributed by atoms with E-state index in [0.29, 0.717) is 11.7 Å². The van der Waals surface area contributed by atoms with E-state index in [1.54, 1.807) is 0 Å². The van der Waals surface area contributed by atoms with E-state index in [1.807, 2.05) is 29.2 Å². The third-order valence-electron chi connectivity index (χ3n) is 4.27. The third-order valence-corrected chi connectivity index (χ3v) is 4.27. The number of aliphatic imine (C=N–C) groups is 2. The molecule has 1 fully saturated rings. The van der Waals surface area contributed by atoms with E-state index in [-0.39, 0.29) is 12.6 Å².